The minimum Gasteiger partial charge on any atom is -0.267 e. The molecule has 4 nitrogen and oxygen atoms in total. The third-order valence-corrected chi connectivity index (χ3v) is 6.12. The zero-order chi connectivity index (χ0) is 20.1. The Morgan fingerprint density at radius 2 is 1.82 bits per heavy atom. The van der Waals surface area contributed by atoms with E-state index in [2.05, 4.69) is 0 Å². The molecule has 0 saturated carbocycles. The molecule has 1 heterocycles. The molecule has 0 N–H and O–H groups in total. The van der Waals surface area contributed by atoms with E-state index in [0.29, 0.717) is 14.9 Å². The molecule has 0 unspecified atom stereocenters. The summed E-state index contributed by atoms with van der Waals surface area (Å²) >= 11 is 2.82. The first-order chi connectivity index (χ1) is 13.6. The van der Waals surface area contributed by atoms with Gasteiger partial charge in [0, 0.05) is 4.90 Å². The van der Waals surface area contributed by atoms with Crippen LogP contribution in [0.4, 0.5) is 0 Å². The lowest BCUT2D eigenvalue weighted by atomic mass is 10.1. The Morgan fingerprint density at radius 1 is 1.14 bits per heavy atom. The van der Waals surface area contributed by atoms with Crippen molar-refractivity contribution in [2.45, 2.75) is 18.2 Å². The fraction of sp³-hybridized carbons (Fsp3) is 0.136. The zero-order valence-corrected chi connectivity index (χ0v) is 17.1. The number of aromatic nitrogens is 1. The van der Waals surface area contributed by atoms with Gasteiger partial charge < -0.3 is 0 Å². The van der Waals surface area contributed by atoms with Gasteiger partial charge in [-0.25, -0.2) is 0 Å². The maximum Gasteiger partial charge on any atom is 0.273 e. The van der Waals surface area contributed by atoms with Crippen molar-refractivity contribution in [1.29, 1.82) is 10.5 Å². The molecule has 0 fully saturated rings. The van der Waals surface area contributed by atoms with Crippen LogP contribution in [0.25, 0.3) is 17.3 Å². The number of nitriles is 2. The molecule has 0 bridgehead atoms. The van der Waals surface area contributed by atoms with Gasteiger partial charge in [0.2, 0.25) is 0 Å². The van der Waals surface area contributed by atoms with Gasteiger partial charge in [0.05, 0.1) is 10.2 Å². The van der Waals surface area contributed by atoms with E-state index >= 15 is 0 Å². The molecule has 0 aliphatic rings. The minimum atomic E-state index is -0.224. The van der Waals surface area contributed by atoms with Gasteiger partial charge in [-0.1, -0.05) is 37.3 Å². The summed E-state index contributed by atoms with van der Waals surface area (Å²) in [6.45, 7) is 2.01. The molecule has 3 aromatic rings. The van der Waals surface area contributed by atoms with Crippen molar-refractivity contribution < 1.29 is 0 Å². The van der Waals surface area contributed by atoms with Gasteiger partial charge in [0.15, 0.2) is 5.57 Å². The number of thiazole rings is 1. The van der Waals surface area contributed by atoms with Crippen LogP contribution in [0.2, 0.25) is 0 Å². The van der Waals surface area contributed by atoms with Crippen molar-refractivity contribution in [3.8, 4) is 17.8 Å². The van der Waals surface area contributed by atoms with E-state index in [9.17, 15) is 15.3 Å². The second-order valence-corrected chi connectivity index (χ2v) is 7.82. The number of thioether (sulfide) groups is 1. The smallest absolute Gasteiger partial charge is 0.267 e. The van der Waals surface area contributed by atoms with Crippen molar-refractivity contribution in [3.63, 3.8) is 0 Å². The van der Waals surface area contributed by atoms with Crippen molar-refractivity contribution in [1.82, 2.24) is 4.57 Å². The third kappa shape index (κ3) is 3.80. The van der Waals surface area contributed by atoms with Crippen LogP contribution in [-0.4, -0.2) is 10.8 Å². The number of hydrogen-bond donors (Lipinski definition) is 0. The summed E-state index contributed by atoms with van der Waals surface area (Å²) < 4.78 is 2.34. The third-order valence-electron chi connectivity index (χ3n) is 4.29. The van der Waals surface area contributed by atoms with Gasteiger partial charge in [-0.2, -0.15) is 10.5 Å². The Hall–Kier alpha value is -3.06. The highest BCUT2D eigenvalue weighted by molar-refractivity contribution is 7.98. The van der Waals surface area contributed by atoms with Crippen LogP contribution >= 0.6 is 23.1 Å². The first-order valence-corrected chi connectivity index (χ1v) is 10.7. The Labute approximate surface area is 171 Å². The molecule has 0 spiro atoms. The normalized spacial score (nSPS) is 11.1. The monoisotopic (exact) mass is 403 g/mol. The van der Waals surface area contributed by atoms with Gasteiger partial charge in [-0.05, 0) is 48.1 Å². The van der Waals surface area contributed by atoms with Crippen molar-refractivity contribution in [2.75, 3.05) is 6.26 Å². The molecule has 1 aromatic heterocycles. The van der Waals surface area contributed by atoms with E-state index in [4.69, 9.17) is 0 Å². The number of aryl methyl sites for hydroxylation is 1. The first-order valence-electron chi connectivity index (χ1n) is 8.63. The molecule has 0 atom stereocenters. The molecular weight excluding hydrogens is 386 g/mol. The van der Waals surface area contributed by atoms with Gasteiger partial charge in [-0.3, -0.25) is 9.36 Å². The van der Waals surface area contributed by atoms with Crippen LogP contribution in [0.3, 0.4) is 0 Å². The molecular formula is C22H17N3OS2. The minimum absolute atomic E-state index is 0.0645. The maximum absolute atomic E-state index is 13.2. The van der Waals surface area contributed by atoms with Crippen molar-refractivity contribution in [2.24, 2.45) is 0 Å². The average molecular weight is 404 g/mol. The Bertz CT molecular complexity index is 1250. The predicted molar refractivity (Wildman–Crippen MR) is 115 cm³/mol. The van der Waals surface area contributed by atoms with E-state index in [1.165, 1.54) is 15.9 Å². The molecule has 0 aliphatic heterocycles. The van der Waals surface area contributed by atoms with Crippen molar-refractivity contribution in [3.05, 3.63) is 79.2 Å². The lowest BCUT2D eigenvalue weighted by Gasteiger charge is -2.08. The molecule has 3 rings (SSSR count). The topological polar surface area (TPSA) is 69.6 Å². The second-order valence-electron chi connectivity index (χ2n) is 5.91. The highest BCUT2D eigenvalue weighted by atomic mass is 32.2. The molecule has 28 heavy (non-hydrogen) atoms. The molecule has 0 amide bonds. The fourth-order valence-electron chi connectivity index (χ4n) is 2.87. The summed E-state index contributed by atoms with van der Waals surface area (Å²) in [5, 5.41) is 18.8. The van der Waals surface area contributed by atoms with E-state index in [0.717, 1.165) is 22.4 Å². The van der Waals surface area contributed by atoms with E-state index in [1.807, 2.05) is 73.8 Å². The number of rotatable bonds is 4. The molecule has 0 saturated heterocycles. The SMILES string of the molecule is CCc1ccccc1-n1c(=C(C#N)C#N)s/c(=C/c2ccc(SC)cc2)c1=O. The first kappa shape index (κ1) is 19.7. The Kier molecular flexibility index (Phi) is 6.16. The summed E-state index contributed by atoms with van der Waals surface area (Å²) in [7, 11) is 0. The Balaban J connectivity index is 2.36. The lowest BCUT2D eigenvalue weighted by Crippen LogP contribution is -2.31. The predicted octanol–water partition coefficient (Wildman–Crippen LogP) is 3.21. The Morgan fingerprint density at radius 3 is 2.43 bits per heavy atom. The van der Waals surface area contributed by atoms with Crippen LogP contribution in [-0.2, 0) is 6.42 Å². The number of hydrogen-bond acceptors (Lipinski definition) is 5. The number of benzene rings is 2. The van der Waals surface area contributed by atoms with Gasteiger partial charge in [-0.15, -0.1) is 23.1 Å². The molecule has 138 valence electrons. The van der Waals surface area contributed by atoms with E-state index in [-0.39, 0.29) is 11.1 Å². The lowest BCUT2D eigenvalue weighted by molar-refractivity contribution is 0.953. The van der Waals surface area contributed by atoms with Crippen LogP contribution in [0.5, 0.6) is 0 Å². The molecule has 6 heteroatoms. The molecule has 0 radical (unpaired) electrons. The van der Waals surface area contributed by atoms with Gasteiger partial charge >= 0.3 is 0 Å². The van der Waals surface area contributed by atoms with Crippen LogP contribution in [0.15, 0.2) is 58.2 Å². The van der Waals surface area contributed by atoms with Crippen LogP contribution in [0.1, 0.15) is 18.1 Å². The standard InChI is InChI=1S/C22H17N3OS2/c1-3-16-6-4-5-7-19(16)25-21(26)20(28-22(25)17(13-23)14-24)12-15-8-10-18(27-2)11-9-15/h4-12H,3H2,1-2H3/b20-12+. The van der Waals surface area contributed by atoms with Gasteiger partial charge in [0.25, 0.3) is 5.56 Å². The summed E-state index contributed by atoms with van der Waals surface area (Å²) in [6, 6.07) is 19.3. The summed E-state index contributed by atoms with van der Waals surface area (Å²) in [4.78, 5) is 14.4. The number of nitrogens with zero attached hydrogens (tertiary/aromatic N) is 3. The summed E-state index contributed by atoms with van der Waals surface area (Å²) in [6.07, 6.45) is 4.55. The van der Waals surface area contributed by atoms with E-state index < -0.39 is 0 Å². The van der Waals surface area contributed by atoms with E-state index in [1.54, 1.807) is 17.8 Å². The van der Waals surface area contributed by atoms with Crippen LogP contribution < -0.4 is 14.8 Å². The van der Waals surface area contributed by atoms with Crippen LogP contribution in [0, 0.1) is 22.7 Å². The van der Waals surface area contributed by atoms with Crippen molar-refractivity contribution >= 4 is 34.7 Å². The highest BCUT2D eigenvalue weighted by Gasteiger charge is 2.13. The second kappa shape index (κ2) is 8.75. The fourth-order valence-corrected chi connectivity index (χ4v) is 4.32. The number of para-hydroxylation sites is 1. The summed E-state index contributed by atoms with van der Waals surface area (Å²) in [5.74, 6) is 0. The van der Waals surface area contributed by atoms with Gasteiger partial charge in [0.1, 0.15) is 16.8 Å². The summed E-state index contributed by atoms with van der Waals surface area (Å²) in [5.41, 5.74) is 2.30. The highest BCUT2D eigenvalue weighted by Crippen LogP contribution is 2.15. The largest absolute Gasteiger partial charge is 0.273 e. The quantitative estimate of drug-likeness (QED) is 0.627. The average Bonchev–Trinajstić information content (AvgIpc) is 3.05. The molecule has 0 aliphatic carbocycles. The molecule has 2 aromatic carbocycles. The zero-order valence-electron chi connectivity index (χ0n) is 15.5. The maximum atomic E-state index is 13.2.